The number of halogens is 3. The molecule has 2 aliphatic heterocycles. The molecule has 2 bridgehead atoms. The molecular weight excluding hydrogens is 545 g/mol. The van der Waals surface area contributed by atoms with Gasteiger partial charge in [0.05, 0.1) is 12.6 Å². The van der Waals surface area contributed by atoms with Crippen LogP contribution in [-0.4, -0.2) is 62.2 Å². The largest absolute Gasteiger partial charge is 0.388 e. The molecule has 13 heteroatoms. The van der Waals surface area contributed by atoms with Gasteiger partial charge >= 0.3 is 0 Å². The zero-order valence-corrected chi connectivity index (χ0v) is 22.1. The molecule has 2 amide bonds. The average molecular weight is 573 g/mol. The number of amides is 2. The average Bonchev–Trinajstić information content (AvgIpc) is 3.00. The Morgan fingerprint density at radius 1 is 1.10 bits per heavy atom. The molecule has 216 valence electrons. The number of aromatic nitrogens is 1. The standard InChI is InChI=1S/C28H27F3N4O6/c1-15-24(37)25(38)28(2,41-13-16-6-4-3-5-7-16)35-14-33(15)27(40)22-10-23(36)19(12-34(22)35)26(39)32-11-18-20(30)8-17(29)9-21(18)31/h3-10,12,15,24-25,37-38H,11,13-14H2,1-2H3,(H,32,39). The van der Waals surface area contributed by atoms with Crippen LogP contribution in [0.3, 0.4) is 0 Å². The number of aliphatic hydroxyl groups excluding tert-OH is 2. The number of fused-ring (bicyclic) bond motifs is 4. The van der Waals surface area contributed by atoms with E-state index < -0.39 is 76.3 Å². The molecule has 3 heterocycles. The molecule has 4 unspecified atom stereocenters. The van der Waals surface area contributed by atoms with Crippen molar-refractivity contribution in [1.29, 1.82) is 0 Å². The molecule has 0 spiro atoms. The van der Waals surface area contributed by atoms with Crippen LogP contribution in [0.1, 0.15) is 45.8 Å². The molecule has 3 aromatic rings. The van der Waals surface area contributed by atoms with E-state index in [1.165, 1.54) is 21.5 Å². The number of carbonyl (C=O) groups is 2. The van der Waals surface area contributed by atoms with Crippen LogP contribution in [0.5, 0.6) is 0 Å². The van der Waals surface area contributed by atoms with Crippen LogP contribution in [0.25, 0.3) is 0 Å². The van der Waals surface area contributed by atoms with Gasteiger partial charge in [-0.25, -0.2) is 13.2 Å². The van der Waals surface area contributed by atoms with Crippen LogP contribution in [0, 0.1) is 17.5 Å². The van der Waals surface area contributed by atoms with Gasteiger partial charge in [0.1, 0.15) is 47.6 Å². The van der Waals surface area contributed by atoms with Crippen LogP contribution < -0.4 is 15.8 Å². The molecular formula is C28H27F3N4O6. The summed E-state index contributed by atoms with van der Waals surface area (Å²) in [7, 11) is 0. The molecule has 4 atom stereocenters. The van der Waals surface area contributed by atoms with Crippen molar-refractivity contribution in [2.24, 2.45) is 0 Å². The molecule has 0 aliphatic carbocycles. The summed E-state index contributed by atoms with van der Waals surface area (Å²) in [5.41, 5.74) is -3.01. The van der Waals surface area contributed by atoms with E-state index in [0.717, 1.165) is 17.8 Å². The molecule has 10 nitrogen and oxygen atoms in total. The fraction of sp³-hybridized carbons (Fsp3) is 0.321. The predicted octanol–water partition coefficient (Wildman–Crippen LogP) is 1.60. The molecule has 1 aromatic heterocycles. The van der Waals surface area contributed by atoms with Crippen molar-refractivity contribution >= 4 is 11.8 Å². The minimum absolute atomic E-state index is 0.0115. The number of nitrogens with one attached hydrogen (secondary N) is 1. The summed E-state index contributed by atoms with van der Waals surface area (Å²) in [4.78, 5) is 40.6. The van der Waals surface area contributed by atoms with Crippen LogP contribution >= 0.6 is 0 Å². The van der Waals surface area contributed by atoms with Crippen molar-refractivity contribution in [3.63, 3.8) is 0 Å². The first-order valence-electron chi connectivity index (χ1n) is 12.7. The van der Waals surface area contributed by atoms with Gasteiger partial charge in [0.25, 0.3) is 11.8 Å². The Kier molecular flexibility index (Phi) is 7.36. The molecule has 1 saturated heterocycles. The number of hydrogen-bond donors (Lipinski definition) is 3. The predicted molar refractivity (Wildman–Crippen MR) is 139 cm³/mol. The fourth-order valence-corrected chi connectivity index (χ4v) is 5.03. The second kappa shape index (κ2) is 10.7. The summed E-state index contributed by atoms with van der Waals surface area (Å²) >= 11 is 0. The number of carbonyl (C=O) groups excluding carboxylic acids is 2. The van der Waals surface area contributed by atoms with Gasteiger partial charge in [-0.15, -0.1) is 0 Å². The van der Waals surface area contributed by atoms with E-state index in [1.54, 1.807) is 31.2 Å². The summed E-state index contributed by atoms with van der Waals surface area (Å²) < 4.78 is 48.8. The highest BCUT2D eigenvalue weighted by atomic mass is 19.1. The van der Waals surface area contributed by atoms with Gasteiger partial charge in [-0.3, -0.25) is 24.1 Å². The van der Waals surface area contributed by atoms with Crippen molar-refractivity contribution in [2.45, 2.75) is 51.0 Å². The minimum atomic E-state index is -1.67. The van der Waals surface area contributed by atoms with Gasteiger partial charge in [0.2, 0.25) is 0 Å². The number of nitrogens with zero attached hydrogens (tertiary/aromatic N) is 3. The van der Waals surface area contributed by atoms with E-state index in [1.807, 2.05) is 6.07 Å². The zero-order valence-electron chi connectivity index (χ0n) is 22.1. The molecule has 0 saturated carbocycles. The van der Waals surface area contributed by atoms with Gasteiger partial charge in [-0.05, 0) is 19.4 Å². The topological polar surface area (TPSA) is 124 Å². The number of rotatable bonds is 6. The molecule has 3 N–H and O–H groups in total. The van der Waals surface area contributed by atoms with Crippen molar-refractivity contribution in [1.82, 2.24) is 14.9 Å². The molecule has 41 heavy (non-hydrogen) atoms. The summed E-state index contributed by atoms with van der Waals surface area (Å²) in [6, 6.07) is 10.0. The first kappa shape index (κ1) is 28.3. The Balaban J connectivity index is 1.52. The Morgan fingerprint density at radius 3 is 2.41 bits per heavy atom. The van der Waals surface area contributed by atoms with E-state index in [2.05, 4.69) is 5.32 Å². The third-order valence-electron chi connectivity index (χ3n) is 7.58. The third-order valence-corrected chi connectivity index (χ3v) is 7.58. The maximum absolute atomic E-state index is 14.1. The molecule has 5 rings (SSSR count). The highest BCUT2D eigenvalue weighted by molar-refractivity contribution is 5.97. The Hall–Kier alpha value is -4.20. The van der Waals surface area contributed by atoms with Crippen LogP contribution in [0.4, 0.5) is 13.2 Å². The van der Waals surface area contributed by atoms with Gasteiger partial charge < -0.3 is 25.2 Å². The molecule has 1 fully saturated rings. The van der Waals surface area contributed by atoms with Crippen LogP contribution in [0.2, 0.25) is 0 Å². The third kappa shape index (κ3) is 4.96. The van der Waals surface area contributed by atoms with Gasteiger partial charge in [-0.1, -0.05) is 30.3 Å². The van der Waals surface area contributed by atoms with E-state index in [0.29, 0.717) is 12.1 Å². The smallest absolute Gasteiger partial charge is 0.274 e. The van der Waals surface area contributed by atoms with E-state index in [-0.39, 0.29) is 19.0 Å². The summed E-state index contributed by atoms with van der Waals surface area (Å²) in [6.45, 7) is 2.21. The highest BCUT2D eigenvalue weighted by Crippen LogP contribution is 2.34. The van der Waals surface area contributed by atoms with Crippen molar-refractivity contribution < 1.29 is 37.7 Å². The van der Waals surface area contributed by atoms with Crippen LogP contribution in [0.15, 0.2) is 59.5 Å². The first-order chi connectivity index (χ1) is 19.4. The molecule has 0 radical (unpaired) electrons. The fourth-order valence-electron chi connectivity index (χ4n) is 5.03. The summed E-state index contributed by atoms with van der Waals surface area (Å²) in [5.74, 6) is -5.20. The van der Waals surface area contributed by atoms with E-state index >= 15 is 0 Å². The number of ether oxygens (including phenoxy) is 1. The van der Waals surface area contributed by atoms with Gasteiger partial charge in [0.15, 0.2) is 11.2 Å². The Morgan fingerprint density at radius 2 is 1.76 bits per heavy atom. The minimum Gasteiger partial charge on any atom is -0.388 e. The number of aliphatic hydroxyl groups is 2. The summed E-state index contributed by atoms with van der Waals surface area (Å²) in [5, 5.41) is 25.9. The maximum atomic E-state index is 14.1. The highest BCUT2D eigenvalue weighted by Gasteiger charge is 2.54. The SMILES string of the molecule is CC1C(O)C(O)C(C)(OCc2ccccc2)N2CN1C(=O)c1cc(=O)c(C(=O)NCc3c(F)cc(F)cc3F)cn12. The second-order valence-corrected chi connectivity index (χ2v) is 10.1. The number of benzene rings is 2. The molecule has 2 aromatic carbocycles. The zero-order chi connectivity index (χ0) is 29.6. The monoisotopic (exact) mass is 572 g/mol. The Bertz CT molecular complexity index is 1550. The normalized spacial score (nSPS) is 23.7. The molecule has 2 aliphatic rings. The van der Waals surface area contributed by atoms with Gasteiger partial charge in [0, 0.05) is 36.5 Å². The van der Waals surface area contributed by atoms with Crippen molar-refractivity contribution in [2.75, 3.05) is 11.7 Å². The lowest BCUT2D eigenvalue weighted by Crippen LogP contribution is -2.66. The van der Waals surface area contributed by atoms with Crippen molar-refractivity contribution in [3.8, 4) is 0 Å². The van der Waals surface area contributed by atoms with E-state index in [9.17, 15) is 37.8 Å². The summed E-state index contributed by atoms with van der Waals surface area (Å²) in [6.07, 6.45) is -1.92. The quantitative estimate of drug-likeness (QED) is 0.410. The first-order valence-corrected chi connectivity index (χ1v) is 12.7. The maximum Gasteiger partial charge on any atom is 0.274 e. The second-order valence-electron chi connectivity index (χ2n) is 10.1. The lowest BCUT2D eigenvalue weighted by atomic mass is 9.98. The van der Waals surface area contributed by atoms with Crippen LogP contribution in [-0.2, 0) is 17.9 Å². The number of hydrogen-bond acceptors (Lipinski definition) is 7. The lowest BCUT2D eigenvalue weighted by molar-refractivity contribution is -0.162. The van der Waals surface area contributed by atoms with Gasteiger partial charge in [-0.2, -0.15) is 0 Å². The van der Waals surface area contributed by atoms with E-state index in [4.69, 9.17) is 4.74 Å². The Labute approximate surface area is 232 Å². The van der Waals surface area contributed by atoms with Crippen molar-refractivity contribution in [3.05, 3.63) is 105 Å². The lowest BCUT2D eigenvalue weighted by Gasteiger charge is -2.47. The number of pyridine rings is 1.